The van der Waals surface area contributed by atoms with Gasteiger partial charge in [0.2, 0.25) is 0 Å². The molecule has 0 aromatic heterocycles. The molecule has 16 heavy (non-hydrogen) atoms. The second-order valence-electron chi connectivity index (χ2n) is 5.67. The third-order valence-electron chi connectivity index (χ3n) is 4.35. The molecule has 1 heterocycles. The highest BCUT2D eigenvalue weighted by molar-refractivity contribution is 5.35. The van der Waals surface area contributed by atoms with Crippen LogP contribution in [0, 0.1) is 25.2 Å². The minimum Gasteiger partial charge on any atom is -0.315 e. The fourth-order valence-electron chi connectivity index (χ4n) is 2.66. The molecule has 1 N–H and O–H groups in total. The van der Waals surface area contributed by atoms with E-state index in [0.29, 0.717) is 5.41 Å². The van der Waals surface area contributed by atoms with Gasteiger partial charge in [0.15, 0.2) is 0 Å². The van der Waals surface area contributed by atoms with Gasteiger partial charge < -0.3 is 5.32 Å². The molecule has 88 valence electrons. The van der Waals surface area contributed by atoms with Crippen LogP contribution >= 0.6 is 0 Å². The lowest BCUT2D eigenvalue weighted by Gasteiger charge is -2.47. The Kier molecular flexibility index (Phi) is 3.07. The summed E-state index contributed by atoms with van der Waals surface area (Å²) < 4.78 is 0. The minimum atomic E-state index is 0.497. The molecule has 2 rings (SSSR count). The van der Waals surface area contributed by atoms with Crippen molar-refractivity contribution in [3.05, 3.63) is 34.9 Å². The van der Waals surface area contributed by atoms with E-state index < -0.39 is 0 Å². The molecule has 0 radical (unpaired) electrons. The number of hydrogen-bond donors (Lipinski definition) is 1. The molecule has 1 aliphatic rings. The molecule has 0 atom stereocenters. The maximum atomic E-state index is 3.44. The summed E-state index contributed by atoms with van der Waals surface area (Å²) in [6.45, 7) is 11.5. The quantitative estimate of drug-likeness (QED) is 0.820. The normalized spacial score (nSPS) is 18.6. The Bertz CT molecular complexity index is 355. The number of rotatable bonds is 3. The van der Waals surface area contributed by atoms with Gasteiger partial charge in [0, 0.05) is 18.5 Å². The van der Waals surface area contributed by atoms with E-state index in [9.17, 15) is 0 Å². The first-order valence-corrected chi connectivity index (χ1v) is 6.31. The minimum absolute atomic E-state index is 0.497. The Morgan fingerprint density at radius 1 is 1.19 bits per heavy atom. The summed E-state index contributed by atoms with van der Waals surface area (Å²) in [5, 5.41) is 3.44. The van der Waals surface area contributed by atoms with Crippen LogP contribution in [0.15, 0.2) is 18.2 Å². The van der Waals surface area contributed by atoms with Crippen molar-refractivity contribution in [2.75, 3.05) is 13.1 Å². The van der Waals surface area contributed by atoms with Crippen LogP contribution in [0.1, 0.15) is 30.5 Å². The molecule has 1 saturated heterocycles. The highest BCUT2D eigenvalue weighted by Crippen LogP contribution is 2.37. The summed E-state index contributed by atoms with van der Waals surface area (Å²) in [7, 11) is 0. The summed E-state index contributed by atoms with van der Waals surface area (Å²) in [5.41, 5.74) is 4.97. The van der Waals surface area contributed by atoms with E-state index in [4.69, 9.17) is 0 Å². The Morgan fingerprint density at radius 2 is 1.75 bits per heavy atom. The molecule has 1 heteroatoms. The number of hydrogen-bond acceptors (Lipinski definition) is 1. The standard InChI is InChI=1S/C15H23N/c1-11(2)15(9-16-10-15)8-14-12(3)6-5-7-13(14)4/h5-7,11,16H,8-10H2,1-4H3. The molecule has 1 fully saturated rings. The molecule has 1 aromatic rings. The summed E-state index contributed by atoms with van der Waals surface area (Å²) in [6, 6.07) is 6.64. The lowest BCUT2D eigenvalue weighted by Crippen LogP contribution is -2.57. The second-order valence-corrected chi connectivity index (χ2v) is 5.67. The van der Waals surface area contributed by atoms with Gasteiger partial charge in [-0.25, -0.2) is 0 Å². The number of nitrogens with one attached hydrogen (secondary N) is 1. The van der Waals surface area contributed by atoms with E-state index >= 15 is 0 Å². The van der Waals surface area contributed by atoms with E-state index in [2.05, 4.69) is 51.2 Å². The zero-order valence-electron chi connectivity index (χ0n) is 10.9. The van der Waals surface area contributed by atoms with Gasteiger partial charge in [-0.15, -0.1) is 0 Å². The average Bonchev–Trinajstić information content (AvgIpc) is 2.14. The largest absolute Gasteiger partial charge is 0.315 e. The van der Waals surface area contributed by atoms with E-state index in [1.807, 2.05) is 0 Å². The van der Waals surface area contributed by atoms with Crippen LogP contribution in [0.5, 0.6) is 0 Å². The van der Waals surface area contributed by atoms with E-state index in [-0.39, 0.29) is 0 Å². The van der Waals surface area contributed by atoms with Gasteiger partial charge in [-0.2, -0.15) is 0 Å². The molecule has 1 aromatic carbocycles. The first-order chi connectivity index (χ1) is 7.55. The fourth-order valence-corrected chi connectivity index (χ4v) is 2.66. The topological polar surface area (TPSA) is 12.0 Å². The van der Waals surface area contributed by atoms with Gasteiger partial charge >= 0.3 is 0 Å². The molecule has 1 nitrogen and oxygen atoms in total. The molecule has 1 aliphatic heterocycles. The van der Waals surface area contributed by atoms with Crippen molar-refractivity contribution in [1.29, 1.82) is 0 Å². The predicted octanol–water partition coefficient (Wildman–Crippen LogP) is 3.09. The second kappa shape index (κ2) is 4.21. The maximum Gasteiger partial charge on any atom is 0.00259 e. The Morgan fingerprint density at radius 3 is 2.12 bits per heavy atom. The van der Waals surface area contributed by atoms with Gasteiger partial charge in [0.1, 0.15) is 0 Å². The van der Waals surface area contributed by atoms with Gasteiger partial charge in [0.05, 0.1) is 0 Å². The molecule has 0 spiro atoms. The first kappa shape index (κ1) is 11.7. The van der Waals surface area contributed by atoms with Crippen molar-refractivity contribution in [1.82, 2.24) is 5.32 Å². The van der Waals surface area contributed by atoms with Crippen LogP contribution < -0.4 is 5.32 Å². The molecule has 0 amide bonds. The van der Waals surface area contributed by atoms with Crippen LogP contribution in [0.4, 0.5) is 0 Å². The molecule has 0 aliphatic carbocycles. The summed E-state index contributed by atoms with van der Waals surface area (Å²) in [4.78, 5) is 0. The van der Waals surface area contributed by atoms with Crippen molar-refractivity contribution in [3.63, 3.8) is 0 Å². The highest BCUT2D eigenvalue weighted by Gasteiger charge is 2.40. The van der Waals surface area contributed by atoms with E-state index in [0.717, 1.165) is 5.92 Å². The SMILES string of the molecule is Cc1cccc(C)c1CC1(C(C)C)CNC1. The van der Waals surface area contributed by atoms with Crippen LogP contribution in [-0.2, 0) is 6.42 Å². The Hall–Kier alpha value is -0.820. The summed E-state index contributed by atoms with van der Waals surface area (Å²) in [5.74, 6) is 0.757. The van der Waals surface area contributed by atoms with E-state index in [1.165, 1.54) is 30.6 Å². The third kappa shape index (κ3) is 1.89. The van der Waals surface area contributed by atoms with Crippen LogP contribution in [0.2, 0.25) is 0 Å². The molecule has 0 bridgehead atoms. The zero-order chi connectivity index (χ0) is 11.8. The average molecular weight is 217 g/mol. The molecule has 0 unspecified atom stereocenters. The van der Waals surface area contributed by atoms with Crippen LogP contribution in [0.3, 0.4) is 0 Å². The Balaban J connectivity index is 2.26. The van der Waals surface area contributed by atoms with Gasteiger partial charge in [0.25, 0.3) is 0 Å². The van der Waals surface area contributed by atoms with Crippen LogP contribution in [-0.4, -0.2) is 13.1 Å². The third-order valence-corrected chi connectivity index (χ3v) is 4.35. The Labute approximate surface area is 99.3 Å². The number of aryl methyl sites for hydroxylation is 2. The summed E-state index contributed by atoms with van der Waals surface area (Å²) in [6.07, 6.45) is 1.23. The molecular weight excluding hydrogens is 194 g/mol. The lowest BCUT2D eigenvalue weighted by atomic mass is 9.67. The van der Waals surface area contributed by atoms with Crippen molar-refractivity contribution in [3.8, 4) is 0 Å². The van der Waals surface area contributed by atoms with Gasteiger partial charge in [-0.1, -0.05) is 32.0 Å². The highest BCUT2D eigenvalue weighted by atomic mass is 15.0. The van der Waals surface area contributed by atoms with Gasteiger partial charge in [-0.3, -0.25) is 0 Å². The van der Waals surface area contributed by atoms with E-state index in [1.54, 1.807) is 5.56 Å². The molecule has 0 saturated carbocycles. The fraction of sp³-hybridized carbons (Fsp3) is 0.600. The van der Waals surface area contributed by atoms with Crippen molar-refractivity contribution >= 4 is 0 Å². The molecular formula is C15H23N. The smallest absolute Gasteiger partial charge is 0.00259 e. The van der Waals surface area contributed by atoms with Crippen molar-refractivity contribution < 1.29 is 0 Å². The van der Waals surface area contributed by atoms with Crippen molar-refractivity contribution in [2.24, 2.45) is 11.3 Å². The van der Waals surface area contributed by atoms with Crippen molar-refractivity contribution in [2.45, 2.75) is 34.1 Å². The zero-order valence-corrected chi connectivity index (χ0v) is 10.9. The first-order valence-electron chi connectivity index (χ1n) is 6.31. The van der Waals surface area contributed by atoms with Gasteiger partial charge in [-0.05, 0) is 42.9 Å². The number of benzene rings is 1. The summed E-state index contributed by atoms with van der Waals surface area (Å²) >= 11 is 0. The maximum absolute atomic E-state index is 3.44. The predicted molar refractivity (Wildman–Crippen MR) is 69.8 cm³/mol. The van der Waals surface area contributed by atoms with Crippen LogP contribution in [0.25, 0.3) is 0 Å². The monoisotopic (exact) mass is 217 g/mol. The lowest BCUT2D eigenvalue weighted by molar-refractivity contribution is 0.0991.